The van der Waals surface area contributed by atoms with Crippen LogP contribution in [0.1, 0.15) is 46.5 Å². The van der Waals surface area contributed by atoms with Crippen LogP contribution < -0.4 is 10.6 Å². The molecule has 110 valence electrons. The molecule has 0 atom stereocenters. The fraction of sp³-hybridized carbons (Fsp3) is 0.857. The summed E-state index contributed by atoms with van der Waals surface area (Å²) >= 11 is 0. The molecule has 2 N–H and O–H groups in total. The molecule has 0 saturated carbocycles. The largest absolute Gasteiger partial charge is 0.343 e. The molecule has 1 aliphatic rings. The summed E-state index contributed by atoms with van der Waals surface area (Å²) in [5.41, 5.74) is 0. The van der Waals surface area contributed by atoms with Crippen LogP contribution in [0, 0.1) is 5.92 Å². The van der Waals surface area contributed by atoms with Gasteiger partial charge in [0, 0.05) is 32.1 Å². The Morgan fingerprint density at radius 2 is 1.89 bits per heavy atom. The number of hydrogen-bond acceptors (Lipinski definition) is 2. The molecular weight excluding hydrogens is 242 g/mol. The van der Waals surface area contributed by atoms with Gasteiger partial charge in [-0.2, -0.15) is 0 Å². The number of likely N-dealkylation sites (tertiary alicyclic amines) is 1. The van der Waals surface area contributed by atoms with E-state index in [1.165, 1.54) is 0 Å². The van der Waals surface area contributed by atoms with E-state index in [1.807, 2.05) is 11.8 Å². The number of nitrogens with zero attached hydrogens (tertiary/aromatic N) is 1. The average molecular weight is 269 g/mol. The van der Waals surface area contributed by atoms with Gasteiger partial charge in [0.05, 0.1) is 0 Å². The summed E-state index contributed by atoms with van der Waals surface area (Å²) in [5, 5.41) is 5.78. The van der Waals surface area contributed by atoms with E-state index in [-0.39, 0.29) is 18.0 Å². The Balaban J connectivity index is 2.25. The summed E-state index contributed by atoms with van der Waals surface area (Å²) in [5.74, 6) is 0.645. The van der Waals surface area contributed by atoms with Crippen molar-refractivity contribution in [2.24, 2.45) is 5.92 Å². The van der Waals surface area contributed by atoms with E-state index in [1.54, 1.807) is 0 Å². The summed E-state index contributed by atoms with van der Waals surface area (Å²) in [6.45, 7) is 8.36. The third-order valence-electron chi connectivity index (χ3n) is 3.30. The van der Waals surface area contributed by atoms with Crippen LogP contribution in [-0.4, -0.2) is 42.5 Å². The van der Waals surface area contributed by atoms with Gasteiger partial charge in [0.25, 0.3) is 0 Å². The van der Waals surface area contributed by atoms with Crippen LogP contribution in [0.25, 0.3) is 0 Å². The van der Waals surface area contributed by atoms with Gasteiger partial charge in [-0.05, 0) is 25.2 Å². The lowest BCUT2D eigenvalue weighted by Gasteiger charge is -2.32. The van der Waals surface area contributed by atoms with Gasteiger partial charge in [-0.1, -0.05) is 20.8 Å². The van der Waals surface area contributed by atoms with Gasteiger partial charge < -0.3 is 15.5 Å². The number of rotatable bonds is 5. The second-order valence-electron chi connectivity index (χ2n) is 5.65. The maximum absolute atomic E-state index is 11.9. The molecule has 0 aromatic heterocycles. The van der Waals surface area contributed by atoms with E-state index >= 15 is 0 Å². The molecule has 1 fully saturated rings. The Kier molecular flexibility index (Phi) is 6.67. The van der Waals surface area contributed by atoms with Gasteiger partial charge in [-0.15, -0.1) is 0 Å². The Labute approximate surface area is 116 Å². The standard InChI is InChI=1S/C14H27N3O2/c1-4-7-15-14(19)16-12-5-8-17(9-6-12)13(18)10-11(2)3/h11-12H,4-10H2,1-3H3,(H2,15,16,19). The van der Waals surface area contributed by atoms with E-state index in [0.717, 1.165) is 32.4 Å². The van der Waals surface area contributed by atoms with Crippen LogP contribution in [0.5, 0.6) is 0 Å². The van der Waals surface area contributed by atoms with Crippen molar-refractivity contribution < 1.29 is 9.59 Å². The Hall–Kier alpha value is -1.26. The van der Waals surface area contributed by atoms with Crippen LogP contribution in [0.15, 0.2) is 0 Å². The van der Waals surface area contributed by atoms with Crippen molar-refractivity contribution in [1.29, 1.82) is 0 Å². The van der Waals surface area contributed by atoms with Crippen LogP contribution >= 0.6 is 0 Å². The first-order valence-electron chi connectivity index (χ1n) is 7.35. The molecule has 0 radical (unpaired) electrons. The zero-order chi connectivity index (χ0) is 14.3. The minimum absolute atomic E-state index is 0.0891. The zero-order valence-electron chi connectivity index (χ0n) is 12.4. The molecule has 1 saturated heterocycles. The summed E-state index contributed by atoms with van der Waals surface area (Å²) in [6.07, 6.45) is 3.26. The Bertz CT molecular complexity index is 297. The third-order valence-corrected chi connectivity index (χ3v) is 3.30. The highest BCUT2D eigenvalue weighted by Gasteiger charge is 2.23. The lowest BCUT2D eigenvalue weighted by atomic mass is 10.0. The first-order valence-corrected chi connectivity index (χ1v) is 7.35. The van der Waals surface area contributed by atoms with Gasteiger partial charge in [0.15, 0.2) is 0 Å². The van der Waals surface area contributed by atoms with Gasteiger partial charge in [0.2, 0.25) is 5.91 Å². The van der Waals surface area contributed by atoms with Crippen molar-refractivity contribution in [2.75, 3.05) is 19.6 Å². The first kappa shape index (κ1) is 15.8. The first-order chi connectivity index (χ1) is 9.02. The second kappa shape index (κ2) is 8.02. The van der Waals surface area contributed by atoms with Crippen molar-refractivity contribution in [3.05, 3.63) is 0 Å². The molecule has 3 amide bonds. The molecule has 5 nitrogen and oxygen atoms in total. The van der Waals surface area contributed by atoms with Gasteiger partial charge in [-0.3, -0.25) is 4.79 Å². The van der Waals surface area contributed by atoms with E-state index < -0.39 is 0 Å². The Morgan fingerprint density at radius 3 is 2.42 bits per heavy atom. The van der Waals surface area contributed by atoms with Crippen LogP contribution in [-0.2, 0) is 4.79 Å². The molecule has 0 aromatic rings. The monoisotopic (exact) mass is 269 g/mol. The predicted molar refractivity (Wildman–Crippen MR) is 75.9 cm³/mol. The second-order valence-corrected chi connectivity index (χ2v) is 5.65. The molecule has 0 aliphatic carbocycles. The normalized spacial score (nSPS) is 16.5. The molecule has 1 heterocycles. The van der Waals surface area contributed by atoms with Crippen molar-refractivity contribution in [3.8, 4) is 0 Å². The number of nitrogens with one attached hydrogen (secondary N) is 2. The molecule has 5 heteroatoms. The van der Waals surface area contributed by atoms with Crippen LogP contribution in [0.3, 0.4) is 0 Å². The van der Waals surface area contributed by atoms with Crippen molar-refractivity contribution in [1.82, 2.24) is 15.5 Å². The summed E-state index contributed by atoms with van der Waals surface area (Å²) in [4.78, 5) is 25.4. The zero-order valence-corrected chi connectivity index (χ0v) is 12.4. The number of piperidine rings is 1. The highest BCUT2D eigenvalue weighted by molar-refractivity contribution is 5.76. The van der Waals surface area contributed by atoms with Gasteiger partial charge in [-0.25, -0.2) is 4.79 Å². The number of carbonyl (C=O) groups excluding carboxylic acids is 2. The average Bonchev–Trinajstić information content (AvgIpc) is 2.36. The summed E-state index contributed by atoms with van der Waals surface area (Å²) in [7, 11) is 0. The molecule has 0 bridgehead atoms. The predicted octanol–water partition coefficient (Wildman–Crippen LogP) is 1.73. The van der Waals surface area contributed by atoms with Crippen molar-refractivity contribution in [3.63, 3.8) is 0 Å². The Morgan fingerprint density at radius 1 is 1.26 bits per heavy atom. The molecule has 0 unspecified atom stereocenters. The number of carbonyl (C=O) groups is 2. The smallest absolute Gasteiger partial charge is 0.315 e. The summed E-state index contributed by atoms with van der Waals surface area (Å²) < 4.78 is 0. The van der Waals surface area contributed by atoms with Crippen LogP contribution in [0.2, 0.25) is 0 Å². The fourth-order valence-electron chi connectivity index (χ4n) is 2.23. The van der Waals surface area contributed by atoms with Crippen molar-refractivity contribution in [2.45, 2.75) is 52.5 Å². The highest BCUT2D eigenvalue weighted by atomic mass is 16.2. The highest BCUT2D eigenvalue weighted by Crippen LogP contribution is 2.13. The minimum atomic E-state index is -0.0891. The lowest BCUT2D eigenvalue weighted by molar-refractivity contribution is -0.133. The topological polar surface area (TPSA) is 61.4 Å². The number of amides is 3. The fourth-order valence-corrected chi connectivity index (χ4v) is 2.23. The molecule has 1 aliphatic heterocycles. The maximum atomic E-state index is 11.9. The lowest BCUT2D eigenvalue weighted by Crippen LogP contribution is -2.49. The van der Waals surface area contributed by atoms with Crippen LogP contribution in [0.4, 0.5) is 4.79 Å². The van der Waals surface area contributed by atoms with E-state index in [4.69, 9.17) is 0 Å². The molecule has 0 aromatic carbocycles. The number of hydrogen-bond donors (Lipinski definition) is 2. The summed E-state index contributed by atoms with van der Waals surface area (Å²) in [6, 6.07) is 0.105. The van der Waals surface area contributed by atoms with E-state index in [2.05, 4.69) is 24.5 Å². The quantitative estimate of drug-likeness (QED) is 0.798. The maximum Gasteiger partial charge on any atom is 0.315 e. The number of urea groups is 1. The van der Waals surface area contributed by atoms with E-state index in [9.17, 15) is 9.59 Å². The van der Waals surface area contributed by atoms with Gasteiger partial charge >= 0.3 is 6.03 Å². The third kappa shape index (κ3) is 5.94. The van der Waals surface area contributed by atoms with E-state index in [0.29, 0.717) is 18.9 Å². The molecular formula is C14H27N3O2. The molecule has 0 spiro atoms. The molecule has 19 heavy (non-hydrogen) atoms. The SMILES string of the molecule is CCCNC(=O)NC1CCN(C(=O)CC(C)C)CC1. The molecule has 1 rings (SSSR count). The van der Waals surface area contributed by atoms with Gasteiger partial charge in [0.1, 0.15) is 0 Å². The minimum Gasteiger partial charge on any atom is -0.343 e. The van der Waals surface area contributed by atoms with Crippen molar-refractivity contribution >= 4 is 11.9 Å².